The van der Waals surface area contributed by atoms with E-state index in [-0.39, 0.29) is 0 Å². The van der Waals surface area contributed by atoms with Gasteiger partial charge in [0.1, 0.15) is 0 Å². The van der Waals surface area contributed by atoms with Gasteiger partial charge in [-0.05, 0) is 0 Å². The summed E-state index contributed by atoms with van der Waals surface area (Å²) >= 11 is -1.95. The molecule has 0 fully saturated rings. The fraction of sp³-hybridized carbons (Fsp3) is 0.684. The van der Waals surface area contributed by atoms with E-state index in [2.05, 4.69) is 55.5 Å². The van der Waals surface area contributed by atoms with E-state index in [9.17, 15) is 0 Å². The van der Waals surface area contributed by atoms with Crippen LogP contribution in [0.25, 0.3) is 0 Å². The zero-order chi connectivity index (χ0) is 19.6. The van der Waals surface area contributed by atoms with Crippen LogP contribution in [-0.4, -0.2) is 38.2 Å². The Labute approximate surface area is 161 Å². The van der Waals surface area contributed by atoms with Gasteiger partial charge in [-0.15, -0.1) is 0 Å². The molecule has 0 aromatic carbocycles. The van der Waals surface area contributed by atoms with E-state index < -0.39 is 32.9 Å². The van der Waals surface area contributed by atoms with Gasteiger partial charge in [0.25, 0.3) is 0 Å². The molecule has 0 saturated carbocycles. The van der Waals surface area contributed by atoms with Crippen molar-refractivity contribution in [2.45, 2.75) is 55.3 Å². The van der Waals surface area contributed by atoms with Crippen molar-refractivity contribution in [1.82, 2.24) is 0 Å². The van der Waals surface area contributed by atoms with Crippen molar-refractivity contribution in [3.05, 3.63) is 32.6 Å². The molecule has 0 atom stereocenters. The van der Waals surface area contributed by atoms with Gasteiger partial charge in [0.2, 0.25) is 0 Å². The fourth-order valence-corrected chi connectivity index (χ4v) is 17.3. The van der Waals surface area contributed by atoms with E-state index >= 15 is 0 Å². The van der Waals surface area contributed by atoms with E-state index in [1.165, 1.54) is 10.8 Å². The van der Waals surface area contributed by atoms with Gasteiger partial charge in [-0.3, -0.25) is 0 Å². The molecule has 0 spiro atoms. The Balaban J connectivity index is 3.78. The molecule has 0 saturated heterocycles. The van der Waals surface area contributed by atoms with Crippen molar-refractivity contribution >= 4 is 16.9 Å². The topological polar surface area (TPSA) is 27.7 Å². The van der Waals surface area contributed by atoms with E-state index in [1.54, 1.807) is 30.5 Å². The molecule has 0 heterocycles. The average molecular weight is 566 g/mol. The van der Waals surface area contributed by atoms with Gasteiger partial charge >= 0.3 is 161 Å². The first-order valence-corrected chi connectivity index (χ1v) is 21.4. The molecule has 6 heteroatoms. The first kappa shape index (κ1) is 23.3. The number of hydrogen-bond acceptors (Lipinski definition) is 3. The van der Waals surface area contributed by atoms with Crippen LogP contribution in [0.3, 0.4) is 0 Å². The minimum absolute atomic E-state index is 0.440. The molecule has 1 aliphatic rings. The number of allylic oxidation sites excluding steroid dienone is 5. The van der Waals surface area contributed by atoms with Crippen LogP contribution in [0.15, 0.2) is 32.6 Å². The molecular formula is C19H38O3PtSi2. The first-order chi connectivity index (χ1) is 11.4. The minimum atomic E-state index is -2.81. The van der Waals surface area contributed by atoms with Crippen molar-refractivity contribution in [1.29, 1.82) is 0 Å². The molecule has 25 heavy (non-hydrogen) atoms. The molecule has 0 aromatic heterocycles. The Morgan fingerprint density at radius 2 is 1.56 bits per heavy atom. The summed E-state index contributed by atoms with van der Waals surface area (Å²) in [6, 6.07) is 1.11. The van der Waals surface area contributed by atoms with Gasteiger partial charge in [0.15, 0.2) is 0 Å². The zero-order valence-corrected chi connectivity index (χ0v) is 22.1. The monoisotopic (exact) mass is 565 g/mol. The predicted molar refractivity (Wildman–Crippen MR) is 110 cm³/mol. The van der Waals surface area contributed by atoms with Gasteiger partial charge in [0, 0.05) is 0 Å². The van der Waals surface area contributed by atoms with Crippen molar-refractivity contribution in [3.63, 3.8) is 0 Å². The standard InChI is InChI=1S/C16H29O3Si2.3CH3.Pt/c1-9-12-20(7,8)14-10-11-15(16(14)13(2)3)21(17-4,18-5)19-6;;;;/h9,13H,1,11-12H2,2-8H3;3*1H3;. The van der Waals surface area contributed by atoms with Crippen LogP contribution in [0, 0.1) is 5.92 Å². The molecule has 0 amide bonds. The van der Waals surface area contributed by atoms with Gasteiger partial charge < -0.3 is 0 Å². The molecule has 1 aliphatic carbocycles. The SMILES string of the molecule is C=CC[Si](C)(C)C1=[C]([Pt]([CH3])([CH3])[CH3])CC([Si](OC)(OC)OC)=C1C(C)C. The Bertz CT molecular complexity index is 559. The fourth-order valence-electron chi connectivity index (χ4n) is 3.73. The van der Waals surface area contributed by atoms with Gasteiger partial charge in [0.05, 0.1) is 0 Å². The zero-order valence-electron chi connectivity index (χ0n) is 17.8. The van der Waals surface area contributed by atoms with E-state index in [4.69, 9.17) is 13.3 Å². The van der Waals surface area contributed by atoms with Crippen molar-refractivity contribution in [3.8, 4) is 0 Å². The third kappa shape index (κ3) is 4.56. The summed E-state index contributed by atoms with van der Waals surface area (Å²) in [6.07, 6.45) is 3.09. The van der Waals surface area contributed by atoms with Crippen LogP contribution in [0.5, 0.6) is 0 Å². The molecule has 1 rings (SSSR count). The van der Waals surface area contributed by atoms with Crippen LogP contribution in [0.1, 0.15) is 20.3 Å². The quantitative estimate of drug-likeness (QED) is 0.263. The summed E-state index contributed by atoms with van der Waals surface area (Å²) in [5, 5.41) is 10.5. The first-order valence-electron chi connectivity index (χ1n) is 8.51. The summed E-state index contributed by atoms with van der Waals surface area (Å²) in [4.78, 5) is 0. The number of rotatable bonds is 9. The normalized spacial score (nSPS) is 17.7. The molecular weight excluding hydrogens is 527 g/mol. The van der Waals surface area contributed by atoms with Crippen LogP contribution < -0.4 is 0 Å². The molecule has 0 N–H and O–H groups in total. The second kappa shape index (κ2) is 8.49. The van der Waals surface area contributed by atoms with Gasteiger partial charge in [-0.2, -0.15) is 0 Å². The summed E-state index contributed by atoms with van der Waals surface area (Å²) in [6.45, 7) is 13.6. The van der Waals surface area contributed by atoms with E-state index in [1.807, 2.05) is 0 Å². The molecule has 0 unspecified atom stereocenters. The molecule has 150 valence electrons. The van der Waals surface area contributed by atoms with Crippen LogP contribution in [0.2, 0.25) is 35.1 Å². The van der Waals surface area contributed by atoms with E-state index in [0.29, 0.717) is 5.92 Å². The predicted octanol–water partition coefficient (Wildman–Crippen LogP) is 5.75. The second-order valence-electron chi connectivity index (χ2n) is 7.93. The summed E-state index contributed by atoms with van der Waals surface area (Å²) in [5.74, 6) is 0.440. The summed E-state index contributed by atoms with van der Waals surface area (Å²) in [5.41, 5.74) is 1.48. The summed E-state index contributed by atoms with van der Waals surface area (Å²) in [7, 11) is 0.750. The maximum atomic E-state index is 5.91. The van der Waals surface area contributed by atoms with Crippen molar-refractivity contribution in [2.24, 2.45) is 5.92 Å². The Hall–Kier alpha value is 0.222. The summed E-state index contributed by atoms with van der Waals surface area (Å²) < 4.78 is 19.4. The average Bonchev–Trinajstić information content (AvgIpc) is 2.92. The van der Waals surface area contributed by atoms with Crippen LogP contribution >= 0.6 is 0 Å². The van der Waals surface area contributed by atoms with Crippen molar-refractivity contribution < 1.29 is 29.3 Å². The second-order valence-corrected chi connectivity index (χ2v) is 27.1. The Kier molecular flexibility index (Phi) is 7.90. The third-order valence-electron chi connectivity index (χ3n) is 4.83. The van der Waals surface area contributed by atoms with Gasteiger partial charge in [-0.1, -0.05) is 0 Å². The van der Waals surface area contributed by atoms with Crippen LogP contribution in [0.4, 0.5) is 0 Å². The third-order valence-corrected chi connectivity index (χ3v) is 16.5. The number of hydrogen-bond donors (Lipinski definition) is 0. The Morgan fingerprint density at radius 1 is 1.08 bits per heavy atom. The molecule has 0 radical (unpaired) electrons. The molecule has 0 aromatic rings. The van der Waals surface area contributed by atoms with E-state index in [0.717, 1.165) is 12.5 Å². The molecule has 0 bridgehead atoms. The molecule has 3 nitrogen and oxygen atoms in total. The maximum absolute atomic E-state index is 5.91. The Morgan fingerprint density at radius 3 is 1.88 bits per heavy atom. The van der Waals surface area contributed by atoms with Gasteiger partial charge in [-0.25, -0.2) is 0 Å². The van der Waals surface area contributed by atoms with Crippen LogP contribution in [-0.2, 0) is 29.3 Å². The molecule has 0 aliphatic heterocycles. The van der Waals surface area contributed by atoms with Crippen molar-refractivity contribution in [2.75, 3.05) is 21.3 Å².